The molecule has 0 amide bonds. The summed E-state index contributed by atoms with van der Waals surface area (Å²) in [7, 11) is -2.00. The molecule has 5 nitrogen and oxygen atoms in total. The van der Waals surface area contributed by atoms with Gasteiger partial charge < -0.3 is 4.57 Å². The van der Waals surface area contributed by atoms with Gasteiger partial charge in [-0.1, -0.05) is 35.9 Å². The summed E-state index contributed by atoms with van der Waals surface area (Å²) in [5, 5.41) is 7.26. The molecule has 0 atom stereocenters. The van der Waals surface area contributed by atoms with Crippen molar-refractivity contribution in [3.8, 4) is 11.3 Å². The summed E-state index contributed by atoms with van der Waals surface area (Å²) in [6, 6.07) is 12.6. The number of primary sulfonamides is 1. The number of thiazole rings is 1. The average molecular weight is 430 g/mol. The molecule has 2 aromatic carbocycles. The van der Waals surface area contributed by atoms with Crippen LogP contribution in [0.3, 0.4) is 0 Å². The highest BCUT2D eigenvalue weighted by atomic mass is 35.5. The van der Waals surface area contributed by atoms with E-state index in [2.05, 4.69) is 4.99 Å². The summed E-state index contributed by atoms with van der Waals surface area (Å²) in [5.41, 5.74) is 3.52. The van der Waals surface area contributed by atoms with E-state index in [9.17, 15) is 8.42 Å². The zero-order chi connectivity index (χ0) is 18.2. The molecule has 2 N–H and O–H groups in total. The third kappa shape index (κ3) is 4.19. The molecule has 1 heterocycles. The van der Waals surface area contributed by atoms with Crippen LogP contribution in [0.5, 0.6) is 0 Å². The predicted molar refractivity (Wildman–Crippen MR) is 109 cm³/mol. The van der Waals surface area contributed by atoms with Crippen molar-refractivity contribution in [2.75, 3.05) is 0 Å². The number of rotatable bonds is 3. The van der Waals surface area contributed by atoms with Crippen molar-refractivity contribution in [1.29, 1.82) is 0 Å². The van der Waals surface area contributed by atoms with Gasteiger partial charge in [0.2, 0.25) is 10.0 Å². The highest BCUT2D eigenvalue weighted by Crippen LogP contribution is 2.28. The zero-order valence-electron chi connectivity index (χ0n) is 14.0. The van der Waals surface area contributed by atoms with Crippen molar-refractivity contribution in [1.82, 2.24) is 4.57 Å². The summed E-state index contributed by atoms with van der Waals surface area (Å²) in [6.45, 7) is 2.00. The monoisotopic (exact) mass is 429 g/mol. The van der Waals surface area contributed by atoms with Crippen LogP contribution in [-0.4, -0.2) is 13.0 Å². The number of hydrogen-bond acceptors (Lipinski definition) is 4. The van der Waals surface area contributed by atoms with Gasteiger partial charge in [0.15, 0.2) is 4.80 Å². The third-order valence-electron chi connectivity index (χ3n) is 3.79. The fourth-order valence-corrected chi connectivity index (χ4v) is 4.40. The summed E-state index contributed by atoms with van der Waals surface area (Å²) in [6.07, 6.45) is 0. The summed E-state index contributed by atoms with van der Waals surface area (Å²) < 4.78 is 25.3. The number of para-hydroxylation sites is 1. The Balaban J connectivity index is 0.00000243. The number of aryl methyl sites for hydroxylation is 1. The first-order chi connectivity index (χ1) is 11.8. The molecule has 0 radical (unpaired) electrons. The summed E-state index contributed by atoms with van der Waals surface area (Å²) in [4.78, 5) is 5.40. The zero-order valence-corrected chi connectivity index (χ0v) is 17.2. The molecule has 0 aliphatic heterocycles. The van der Waals surface area contributed by atoms with Gasteiger partial charge in [0.05, 0.1) is 16.4 Å². The summed E-state index contributed by atoms with van der Waals surface area (Å²) in [5.74, 6) is 0. The number of sulfonamides is 1. The van der Waals surface area contributed by atoms with Gasteiger partial charge in [-0.3, -0.25) is 0 Å². The van der Waals surface area contributed by atoms with E-state index in [1.54, 1.807) is 6.07 Å². The first kappa shape index (κ1) is 20.7. The van der Waals surface area contributed by atoms with Gasteiger partial charge in [0.25, 0.3) is 0 Å². The van der Waals surface area contributed by atoms with Crippen LogP contribution in [0.15, 0.2) is 57.7 Å². The lowest BCUT2D eigenvalue weighted by molar-refractivity contribution is 0.598. The van der Waals surface area contributed by atoms with Crippen LogP contribution in [-0.2, 0) is 17.1 Å². The lowest BCUT2D eigenvalue weighted by atomic mass is 10.2. The molecule has 3 aromatic rings. The normalized spacial score (nSPS) is 12.1. The van der Waals surface area contributed by atoms with E-state index in [0.717, 1.165) is 21.7 Å². The molecule has 9 heteroatoms. The lowest BCUT2D eigenvalue weighted by Crippen LogP contribution is -2.14. The molecule has 0 aliphatic carbocycles. The Morgan fingerprint density at radius 2 is 1.88 bits per heavy atom. The molecule has 0 spiro atoms. The van der Waals surface area contributed by atoms with Gasteiger partial charge >= 0.3 is 0 Å². The van der Waals surface area contributed by atoms with Gasteiger partial charge in [-0.25, -0.2) is 18.5 Å². The Hall–Kier alpha value is -1.64. The lowest BCUT2D eigenvalue weighted by Gasteiger charge is -2.07. The van der Waals surface area contributed by atoms with Gasteiger partial charge in [-0.15, -0.1) is 23.7 Å². The highest BCUT2D eigenvalue weighted by molar-refractivity contribution is 7.89. The second kappa shape index (κ2) is 7.94. The van der Waals surface area contributed by atoms with E-state index in [1.165, 1.54) is 23.5 Å². The van der Waals surface area contributed by atoms with Crippen LogP contribution >= 0.6 is 35.3 Å². The fraction of sp³-hybridized carbons (Fsp3) is 0.118. The van der Waals surface area contributed by atoms with E-state index < -0.39 is 10.0 Å². The molecule has 0 saturated carbocycles. The second-order valence-corrected chi connectivity index (χ2v) is 8.32. The molecule has 0 unspecified atom stereocenters. The Bertz CT molecular complexity index is 1120. The minimum absolute atomic E-state index is 0. The molecule has 26 heavy (non-hydrogen) atoms. The van der Waals surface area contributed by atoms with Crippen LogP contribution in [0.2, 0.25) is 5.02 Å². The van der Waals surface area contributed by atoms with Crippen LogP contribution < -0.4 is 9.94 Å². The maximum absolute atomic E-state index is 11.7. The minimum Gasteiger partial charge on any atom is -0.320 e. The maximum atomic E-state index is 11.7. The number of hydrogen-bond donors (Lipinski definition) is 1. The van der Waals surface area contributed by atoms with Crippen molar-refractivity contribution in [3.05, 3.63) is 63.2 Å². The van der Waals surface area contributed by atoms with Crippen LogP contribution in [0.1, 0.15) is 5.56 Å². The van der Waals surface area contributed by atoms with Crippen LogP contribution in [0.4, 0.5) is 5.69 Å². The largest absolute Gasteiger partial charge is 0.320 e. The minimum atomic E-state index is -3.89. The van der Waals surface area contributed by atoms with E-state index >= 15 is 0 Å². The molecular weight excluding hydrogens is 413 g/mol. The number of halogens is 2. The first-order valence-electron chi connectivity index (χ1n) is 7.35. The van der Waals surface area contributed by atoms with Crippen molar-refractivity contribution in [2.45, 2.75) is 11.8 Å². The van der Waals surface area contributed by atoms with Crippen LogP contribution in [0, 0.1) is 6.92 Å². The van der Waals surface area contributed by atoms with Crippen molar-refractivity contribution in [3.63, 3.8) is 0 Å². The Morgan fingerprint density at radius 1 is 1.19 bits per heavy atom. The maximum Gasteiger partial charge on any atom is 0.239 e. The van der Waals surface area contributed by atoms with E-state index in [4.69, 9.17) is 16.7 Å². The first-order valence-corrected chi connectivity index (χ1v) is 10.2. The molecule has 0 bridgehead atoms. The topological polar surface area (TPSA) is 77.4 Å². The van der Waals surface area contributed by atoms with Crippen molar-refractivity contribution in [2.24, 2.45) is 17.2 Å². The van der Waals surface area contributed by atoms with E-state index in [0.29, 0.717) is 5.56 Å². The fourth-order valence-electron chi connectivity index (χ4n) is 2.41. The smallest absolute Gasteiger partial charge is 0.239 e. The SMILES string of the molecule is Cc1ccccc1/N=c1/scc(-c2ccc(Cl)c(S(N)(=O)=O)c2)n1C.Cl. The Kier molecular flexibility index (Phi) is 6.31. The molecule has 3 rings (SSSR count). The van der Waals surface area contributed by atoms with Gasteiger partial charge in [-0.05, 0) is 30.7 Å². The van der Waals surface area contributed by atoms with Crippen molar-refractivity contribution >= 4 is 51.1 Å². The standard InChI is InChI=1S/C17H16ClN3O2S2.ClH/c1-11-5-3-4-6-14(11)20-17-21(2)15(10-24-17)12-7-8-13(18)16(9-12)25(19,22)23;/h3-10H,1-2H3,(H2,19,22,23);1H/b20-17+;. The third-order valence-corrected chi connectivity index (χ3v) is 6.10. The van der Waals surface area contributed by atoms with Crippen LogP contribution in [0.25, 0.3) is 11.3 Å². The molecular formula is C17H17Cl2N3O2S2. The number of nitrogens with two attached hydrogens (primary N) is 1. The number of benzene rings is 2. The predicted octanol–water partition coefficient (Wildman–Crippen LogP) is 4.02. The number of aromatic nitrogens is 1. The molecule has 0 fully saturated rings. The molecule has 0 aliphatic rings. The summed E-state index contributed by atoms with van der Waals surface area (Å²) >= 11 is 7.43. The van der Waals surface area contributed by atoms with Crippen molar-refractivity contribution < 1.29 is 8.42 Å². The second-order valence-electron chi connectivity index (χ2n) is 5.55. The van der Waals surface area contributed by atoms with E-state index in [1.807, 2.05) is 48.2 Å². The Morgan fingerprint density at radius 3 is 2.54 bits per heavy atom. The van der Waals surface area contributed by atoms with Gasteiger partial charge in [0.1, 0.15) is 4.90 Å². The Labute approximate surface area is 167 Å². The van der Waals surface area contributed by atoms with Gasteiger partial charge in [-0.2, -0.15) is 0 Å². The highest BCUT2D eigenvalue weighted by Gasteiger charge is 2.15. The van der Waals surface area contributed by atoms with E-state index in [-0.39, 0.29) is 22.3 Å². The quantitative estimate of drug-likeness (QED) is 0.682. The molecule has 0 saturated heterocycles. The number of nitrogens with zero attached hydrogens (tertiary/aromatic N) is 2. The molecule has 1 aromatic heterocycles. The average Bonchev–Trinajstić information content (AvgIpc) is 2.90. The van der Waals surface area contributed by atoms with Gasteiger partial charge in [0, 0.05) is 18.0 Å². The molecule has 138 valence electrons.